The standard InChI is InChI=1S/C30H35N5O7S/c1-17-21(27(30(39)40)33-26(17)24(18(2)36)29(33)38)14-32-22-5-3-4-19-6-7-20(28(25(19)22)43(32,41)42)15-34-8-11-35(12-9-34,13-10-34)16-23(31)37/h3-7,17-18,24,26,36H,8-16H2,1-2H3,(H-2,31,37,39,40)/p+2/t17-,18+,24+,26+,34?,35?/m0/s1. The van der Waals surface area contributed by atoms with Crippen LogP contribution in [-0.2, 0) is 31.0 Å². The number of carboxylic acids is 1. The number of aliphatic hydroxyl groups is 1. The number of aliphatic carboxylic acids is 1. The Balaban J connectivity index is 1.25. The number of quaternary nitrogens is 2. The van der Waals surface area contributed by atoms with E-state index in [2.05, 4.69) is 0 Å². The summed E-state index contributed by atoms with van der Waals surface area (Å²) in [5, 5.41) is 21.8. The fraction of sp³-hybridized carbons (Fsp3) is 0.500. The summed E-state index contributed by atoms with van der Waals surface area (Å²) in [6.45, 7) is 8.96. The van der Waals surface area contributed by atoms with Crippen LogP contribution in [0.4, 0.5) is 5.69 Å². The summed E-state index contributed by atoms with van der Waals surface area (Å²) in [7, 11) is -4.07. The van der Waals surface area contributed by atoms with Crippen molar-refractivity contribution in [2.24, 2.45) is 17.6 Å². The molecule has 2 aromatic rings. The molecule has 4 saturated heterocycles. The molecule has 0 aliphatic carbocycles. The number of piperazine rings is 3. The lowest BCUT2D eigenvalue weighted by atomic mass is 9.78. The van der Waals surface area contributed by atoms with Gasteiger partial charge in [-0.25, -0.2) is 13.2 Å². The molecule has 0 aromatic heterocycles. The highest BCUT2D eigenvalue weighted by molar-refractivity contribution is 7.93. The van der Waals surface area contributed by atoms with E-state index in [-0.39, 0.29) is 23.0 Å². The van der Waals surface area contributed by atoms with Crippen molar-refractivity contribution in [3.63, 3.8) is 0 Å². The Morgan fingerprint density at radius 3 is 2.33 bits per heavy atom. The first-order chi connectivity index (χ1) is 20.3. The quantitative estimate of drug-likeness (QED) is 0.284. The molecule has 13 heteroatoms. The van der Waals surface area contributed by atoms with Crippen LogP contribution in [0, 0.1) is 11.8 Å². The zero-order valence-corrected chi connectivity index (χ0v) is 25.1. The molecule has 4 N–H and O–H groups in total. The number of fused-ring (bicyclic) bond motifs is 4. The summed E-state index contributed by atoms with van der Waals surface area (Å²) in [5.41, 5.74) is 6.95. The summed E-state index contributed by atoms with van der Waals surface area (Å²) in [4.78, 5) is 38.5. The number of β-lactam (4-membered cyclic amide) rings is 1. The minimum atomic E-state index is -4.07. The van der Waals surface area contributed by atoms with Crippen molar-refractivity contribution in [2.45, 2.75) is 37.4 Å². The number of nitrogens with two attached hydrogens (primary N) is 1. The van der Waals surface area contributed by atoms with Gasteiger partial charge in [-0.2, -0.15) is 0 Å². The van der Waals surface area contributed by atoms with Crippen LogP contribution in [0.25, 0.3) is 10.8 Å². The van der Waals surface area contributed by atoms with Crippen LogP contribution in [0.3, 0.4) is 0 Å². The molecule has 6 aliphatic rings. The Kier molecular flexibility index (Phi) is 6.07. The molecular weight excluding hydrogens is 574 g/mol. The van der Waals surface area contributed by atoms with Gasteiger partial charge in [-0.05, 0) is 23.9 Å². The van der Waals surface area contributed by atoms with E-state index in [0.717, 1.165) is 54.7 Å². The van der Waals surface area contributed by atoms with Gasteiger partial charge < -0.3 is 29.8 Å². The smallest absolute Gasteiger partial charge is 0.352 e. The van der Waals surface area contributed by atoms with E-state index in [1.165, 1.54) is 16.1 Å². The second-order valence-corrected chi connectivity index (χ2v) is 15.0. The van der Waals surface area contributed by atoms with Crippen LogP contribution in [0.2, 0.25) is 0 Å². The molecule has 0 spiro atoms. The Hall–Kier alpha value is -3.52. The summed E-state index contributed by atoms with van der Waals surface area (Å²) in [6, 6.07) is 8.77. The van der Waals surface area contributed by atoms with Gasteiger partial charge in [0.05, 0.1) is 30.3 Å². The Morgan fingerprint density at radius 2 is 1.72 bits per heavy atom. The van der Waals surface area contributed by atoms with Gasteiger partial charge in [0, 0.05) is 16.9 Å². The van der Waals surface area contributed by atoms with E-state index in [0.29, 0.717) is 34.2 Å². The number of aliphatic hydroxyl groups excluding tert-OH is 1. The fourth-order valence-electron chi connectivity index (χ4n) is 8.53. The molecule has 4 atom stereocenters. The molecule has 2 bridgehead atoms. The first-order valence-corrected chi connectivity index (χ1v) is 16.3. The molecular formula is C30H37N5O7S+2. The largest absolute Gasteiger partial charge is 0.477 e. The number of carbonyl (C=O) groups is 3. The van der Waals surface area contributed by atoms with Gasteiger partial charge in [0.15, 0.2) is 6.54 Å². The van der Waals surface area contributed by atoms with E-state index >= 15 is 0 Å². The second kappa shape index (κ2) is 9.24. The minimum Gasteiger partial charge on any atom is -0.477 e. The van der Waals surface area contributed by atoms with Crippen LogP contribution >= 0.6 is 0 Å². The maximum absolute atomic E-state index is 14.5. The van der Waals surface area contributed by atoms with Crippen molar-refractivity contribution in [3.05, 3.63) is 47.2 Å². The molecule has 228 valence electrons. The lowest BCUT2D eigenvalue weighted by Gasteiger charge is -2.55. The van der Waals surface area contributed by atoms with Crippen molar-refractivity contribution in [3.8, 4) is 0 Å². The predicted molar refractivity (Wildman–Crippen MR) is 156 cm³/mol. The van der Waals surface area contributed by atoms with Gasteiger partial charge in [-0.1, -0.05) is 31.2 Å². The Bertz CT molecular complexity index is 1730. The minimum absolute atomic E-state index is 0.185. The highest BCUT2D eigenvalue weighted by Crippen LogP contribution is 2.50. The second-order valence-electron chi connectivity index (χ2n) is 13.2. The zero-order chi connectivity index (χ0) is 30.6. The number of anilines is 1. The Morgan fingerprint density at radius 1 is 1.07 bits per heavy atom. The number of amides is 2. The van der Waals surface area contributed by atoms with E-state index in [9.17, 15) is 33.0 Å². The number of nitrogens with zero attached hydrogens (tertiary/aromatic N) is 4. The molecule has 2 amide bonds. The van der Waals surface area contributed by atoms with Gasteiger partial charge in [0.1, 0.15) is 56.4 Å². The van der Waals surface area contributed by atoms with Crippen LogP contribution < -0.4 is 10.0 Å². The molecule has 0 radical (unpaired) electrons. The third-order valence-corrected chi connectivity index (χ3v) is 12.7. The normalized spacial score (nSPS) is 32.7. The average molecular weight is 612 g/mol. The van der Waals surface area contributed by atoms with Crippen LogP contribution in [0.5, 0.6) is 0 Å². The average Bonchev–Trinajstić information content (AvgIpc) is 3.32. The number of hydrogen-bond acceptors (Lipinski definition) is 6. The molecule has 43 heavy (non-hydrogen) atoms. The molecule has 2 aromatic carbocycles. The van der Waals surface area contributed by atoms with Gasteiger partial charge in [-0.3, -0.25) is 13.9 Å². The van der Waals surface area contributed by atoms with E-state index < -0.39 is 45.9 Å². The molecule has 0 saturated carbocycles. The predicted octanol–water partition coefficient (Wildman–Crippen LogP) is 0.191. The molecule has 6 heterocycles. The lowest BCUT2D eigenvalue weighted by molar-refractivity contribution is -1.08. The molecule has 6 aliphatic heterocycles. The van der Waals surface area contributed by atoms with E-state index in [4.69, 9.17) is 5.73 Å². The highest BCUT2D eigenvalue weighted by Gasteiger charge is 2.60. The fourth-order valence-corrected chi connectivity index (χ4v) is 10.4. The van der Waals surface area contributed by atoms with Crippen molar-refractivity contribution in [1.82, 2.24) is 4.90 Å². The van der Waals surface area contributed by atoms with Crippen molar-refractivity contribution >= 4 is 44.3 Å². The van der Waals surface area contributed by atoms with E-state index in [1.807, 2.05) is 18.2 Å². The Labute approximate surface area is 249 Å². The van der Waals surface area contributed by atoms with Crippen LogP contribution in [0.15, 0.2) is 46.5 Å². The van der Waals surface area contributed by atoms with Gasteiger partial charge in [0.2, 0.25) is 5.91 Å². The number of hydrogen-bond donors (Lipinski definition) is 3. The maximum atomic E-state index is 14.5. The zero-order valence-electron chi connectivity index (χ0n) is 24.3. The first kappa shape index (κ1) is 28.3. The number of carboxylic acid groups (broad SMARTS) is 1. The number of primary amides is 1. The summed E-state index contributed by atoms with van der Waals surface area (Å²) < 4.78 is 31.7. The van der Waals surface area contributed by atoms with Crippen LogP contribution in [0.1, 0.15) is 19.4 Å². The SMILES string of the molecule is C[C@@H](O)[C@H]1C(=O)N2C(C(=O)O)=C(CN3c4cccc5ccc(C[N+]67CC[N+](CC(N)=O)(CC6)CC7)c(c45)S3(=O)=O)[C@H](C)[C@H]12. The van der Waals surface area contributed by atoms with Gasteiger partial charge in [-0.15, -0.1) is 0 Å². The lowest BCUT2D eigenvalue weighted by Crippen LogP contribution is -2.75. The number of sulfonamides is 1. The summed E-state index contributed by atoms with van der Waals surface area (Å²) in [6.07, 6.45) is -0.946. The summed E-state index contributed by atoms with van der Waals surface area (Å²) in [5.74, 6) is -3.21. The highest BCUT2D eigenvalue weighted by atomic mass is 32.2. The summed E-state index contributed by atoms with van der Waals surface area (Å²) >= 11 is 0. The molecule has 8 rings (SSSR count). The molecule has 4 fully saturated rings. The topological polar surface area (TPSA) is 158 Å². The molecule has 0 unspecified atom stereocenters. The van der Waals surface area contributed by atoms with Crippen molar-refractivity contribution < 1.29 is 42.0 Å². The number of rotatable bonds is 8. The third-order valence-electron chi connectivity index (χ3n) is 10.8. The first-order valence-electron chi connectivity index (χ1n) is 14.8. The van der Waals surface area contributed by atoms with Gasteiger partial charge >= 0.3 is 5.97 Å². The molecule has 12 nitrogen and oxygen atoms in total. The number of carbonyl (C=O) groups excluding carboxylic acids is 2. The third kappa shape index (κ3) is 3.91. The number of benzene rings is 2. The van der Waals surface area contributed by atoms with Crippen molar-refractivity contribution in [2.75, 3.05) is 56.7 Å². The van der Waals surface area contributed by atoms with E-state index in [1.54, 1.807) is 19.1 Å². The maximum Gasteiger partial charge on any atom is 0.352 e. The van der Waals surface area contributed by atoms with Crippen molar-refractivity contribution in [1.29, 1.82) is 0 Å². The monoisotopic (exact) mass is 611 g/mol. The van der Waals surface area contributed by atoms with Crippen LogP contribution in [-0.4, -0.2) is 115 Å². The van der Waals surface area contributed by atoms with Gasteiger partial charge in [0.25, 0.3) is 15.9 Å².